The Morgan fingerprint density at radius 1 is 0.522 bits per heavy atom. The molecule has 1 rings (SSSR count). The van der Waals surface area contributed by atoms with Crippen LogP contribution in [0, 0.1) is 0 Å². The Balaban J connectivity index is 0.00000484. The molecule has 1 nitrogen and oxygen atoms in total. The van der Waals surface area contributed by atoms with Crippen molar-refractivity contribution < 1.29 is 21.5 Å². The zero-order valence-corrected chi connectivity index (χ0v) is 16.9. The maximum absolute atomic E-state index is 2.29. The van der Waals surface area contributed by atoms with E-state index in [9.17, 15) is 0 Å². The molecule has 0 radical (unpaired) electrons. The van der Waals surface area contributed by atoms with Crippen LogP contribution in [0.3, 0.4) is 0 Å². The van der Waals surface area contributed by atoms with Crippen LogP contribution in [0.25, 0.3) is 0 Å². The number of nitrogens with zero attached hydrogens (tertiary/aromatic N) is 1. The van der Waals surface area contributed by atoms with Crippen molar-refractivity contribution in [2.45, 2.75) is 103 Å². The molecule has 2 heteroatoms. The fourth-order valence-corrected chi connectivity index (χ4v) is 3.07. The maximum atomic E-state index is 2.29. The summed E-state index contributed by atoms with van der Waals surface area (Å²) < 4.78 is 2.29. The molecule has 1 aromatic rings. The van der Waals surface area contributed by atoms with Gasteiger partial charge in [-0.3, -0.25) is 0 Å². The number of hydrogen-bond acceptors (Lipinski definition) is 0. The summed E-state index contributed by atoms with van der Waals surface area (Å²) in [4.78, 5) is 0. The third-order valence-electron chi connectivity index (χ3n) is 4.55. The number of aryl methyl sites for hydroxylation is 1. The van der Waals surface area contributed by atoms with Crippen molar-refractivity contribution in [2.24, 2.45) is 0 Å². The fourth-order valence-electron chi connectivity index (χ4n) is 3.07. The van der Waals surface area contributed by atoms with Crippen LogP contribution < -0.4 is 21.5 Å². The number of unbranched alkanes of at least 4 members (excludes halogenated alkanes) is 13. The van der Waals surface area contributed by atoms with Gasteiger partial charge in [0.15, 0.2) is 12.4 Å². The minimum absolute atomic E-state index is 0. The van der Waals surface area contributed by atoms with Crippen molar-refractivity contribution >= 4 is 0 Å². The first-order valence-electron chi connectivity index (χ1n) is 9.87. The molecule has 0 aliphatic rings. The Morgan fingerprint density at radius 3 is 1.35 bits per heavy atom. The standard InChI is InChI=1S/C21H38N.BrH/c1-2-3-4-5-6-7-8-9-10-11-12-13-14-16-19-22-20-17-15-18-21-22;/h15,17-18,20-21H,2-14,16,19H2,1H3;1H/q+1;/p-1. The highest BCUT2D eigenvalue weighted by atomic mass is 79.9. The van der Waals surface area contributed by atoms with Crippen LogP contribution in [0.5, 0.6) is 0 Å². The van der Waals surface area contributed by atoms with Crippen molar-refractivity contribution in [2.75, 3.05) is 0 Å². The second-order valence-electron chi connectivity index (χ2n) is 6.71. The average Bonchev–Trinajstić information content (AvgIpc) is 2.56. The van der Waals surface area contributed by atoms with E-state index in [1.54, 1.807) is 0 Å². The van der Waals surface area contributed by atoms with Crippen LogP contribution in [0.1, 0.15) is 96.8 Å². The molecule has 1 heterocycles. The van der Waals surface area contributed by atoms with Gasteiger partial charge in [0.05, 0.1) is 0 Å². The highest BCUT2D eigenvalue weighted by Crippen LogP contribution is 2.12. The first-order valence-corrected chi connectivity index (χ1v) is 9.87. The van der Waals surface area contributed by atoms with Crippen LogP contribution in [-0.2, 0) is 6.54 Å². The molecular weight excluding hydrogens is 346 g/mol. The zero-order chi connectivity index (χ0) is 15.7. The molecular formula is C21H38BrN. The largest absolute Gasteiger partial charge is 1.00 e. The normalized spacial score (nSPS) is 10.5. The quantitative estimate of drug-likeness (QED) is 0.322. The molecule has 0 saturated heterocycles. The summed E-state index contributed by atoms with van der Waals surface area (Å²) in [6.45, 7) is 3.47. The van der Waals surface area contributed by atoms with Gasteiger partial charge in [-0.2, -0.15) is 0 Å². The van der Waals surface area contributed by atoms with Gasteiger partial charge in [-0.25, -0.2) is 4.57 Å². The number of rotatable bonds is 15. The number of aromatic nitrogens is 1. The lowest BCUT2D eigenvalue weighted by molar-refractivity contribution is -0.697. The summed E-state index contributed by atoms with van der Waals surface area (Å²) in [5.74, 6) is 0. The van der Waals surface area contributed by atoms with Gasteiger partial charge in [-0.05, 0) is 6.42 Å². The second-order valence-corrected chi connectivity index (χ2v) is 6.71. The van der Waals surface area contributed by atoms with E-state index in [0.29, 0.717) is 0 Å². The highest BCUT2D eigenvalue weighted by molar-refractivity contribution is 4.83. The average molecular weight is 384 g/mol. The Bertz CT molecular complexity index is 326. The second kappa shape index (κ2) is 18.0. The van der Waals surface area contributed by atoms with E-state index in [-0.39, 0.29) is 17.0 Å². The van der Waals surface area contributed by atoms with Crippen molar-refractivity contribution in [1.29, 1.82) is 0 Å². The lowest BCUT2D eigenvalue weighted by Gasteiger charge is -2.02. The minimum Gasteiger partial charge on any atom is -1.00 e. The lowest BCUT2D eigenvalue weighted by Crippen LogP contribution is -3.00. The van der Waals surface area contributed by atoms with Crippen LogP contribution >= 0.6 is 0 Å². The van der Waals surface area contributed by atoms with Gasteiger partial charge >= 0.3 is 0 Å². The van der Waals surface area contributed by atoms with Gasteiger partial charge in [0, 0.05) is 18.6 Å². The van der Waals surface area contributed by atoms with Gasteiger partial charge in [0.1, 0.15) is 6.54 Å². The van der Waals surface area contributed by atoms with Crippen molar-refractivity contribution in [3.63, 3.8) is 0 Å². The minimum atomic E-state index is 0. The molecule has 1 aromatic heterocycles. The van der Waals surface area contributed by atoms with Gasteiger partial charge in [-0.15, -0.1) is 0 Å². The Morgan fingerprint density at radius 2 is 0.913 bits per heavy atom. The van der Waals surface area contributed by atoms with E-state index in [4.69, 9.17) is 0 Å². The van der Waals surface area contributed by atoms with Crippen LogP contribution in [0.2, 0.25) is 0 Å². The monoisotopic (exact) mass is 383 g/mol. The van der Waals surface area contributed by atoms with Crippen molar-refractivity contribution in [1.82, 2.24) is 0 Å². The molecule has 0 amide bonds. The predicted molar refractivity (Wildman–Crippen MR) is 96.9 cm³/mol. The molecule has 0 aromatic carbocycles. The molecule has 0 spiro atoms. The van der Waals surface area contributed by atoms with E-state index in [1.807, 2.05) is 0 Å². The van der Waals surface area contributed by atoms with Crippen LogP contribution in [0.15, 0.2) is 30.6 Å². The van der Waals surface area contributed by atoms with Crippen molar-refractivity contribution in [3.8, 4) is 0 Å². The smallest absolute Gasteiger partial charge is 0.168 e. The number of pyridine rings is 1. The number of hydrogen-bond donors (Lipinski definition) is 0. The van der Waals surface area contributed by atoms with E-state index in [2.05, 4.69) is 42.1 Å². The molecule has 0 atom stereocenters. The lowest BCUT2D eigenvalue weighted by atomic mass is 10.0. The van der Waals surface area contributed by atoms with Gasteiger partial charge < -0.3 is 17.0 Å². The third kappa shape index (κ3) is 14.9. The van der Waals surface area contributed by atoms with Crippen LogP contribution in [0.4, 0.5) is 0 Å². The molecule has 23 heavy (non-hydrogen) atoms. The molecule has 0 N–H and O–H groups in total. The molecule has 0 aliphatic heterocycles. The summed E-state index contributed by atoms with van der Waals surface area (Å²) in [5.41, 5.74) is 0. The molecule has 0 saturated carbocycles. The van der Waals surface area contributed by atoms with E-state index < -0.39 is 0 Å². The summed E-state index contributed by atoms with van der Waals surface area (Å²) in [6, 6.07) is 6.31. The van der Waals surface area contributed by atoms with E-state index in [1.165, 1.54) is 96.4 Å². The van der Waals surface area contributed by atoms with Gasteiger partial charge in [-0.1, -0.05) is 90.0 Å². The molecule has 0 fully saturated rings. The van der Waals surface area contributed by atoms with Crippen molar-refractivity contribution in [3.05, 3.63) is 30.6 Å². The highest BCUT2D eigenvalue weighted by Gasteiger charge is 1.98. The van der Waals surface area contributed by atoms with Gasteiger partial charge in [0.25, 0.3) is 0 Å². The maximum Gasteiger partial charge on any atom is 0.168 e. The summed E-state index contributed by atoms with van der Waals surface area (Å²) >= 11 is 0. The van der Waals surface area contributed by atoms with E-state index in [0.717, 1.165) is 0 Å². The summed E-state index contributed by atoms with van der Waals surface area (Å²) in [6.07, 6.45) is 24.4. The Labute approximate surface area is 155 Å². The number of halogens is 1. The topological polar surface area (TPSA) is 3.88 Å². The molecule has 0 bridgehead atoms. The fraction of sp³-hybridized carbons (Fsp3) is 0.762. The first-order chi connectivity index (χ1) is 10.9. The van der Waals surface area contributed by atoms with E-state index >= 15 is 0 Å². The summed E-state index contributed by atoms with van der Waals surface area (Å²) in [5, 5.41) is 0. The summed E-state index contributed by atoms with van der Waals surface area (Å²) in [7, 11) is 0. The third-order valence-corrected chi connectivity index (χ3v) is 4.55. The van der Waals surface area contributed by atoms with Crippen LogP contribution in [-0.4, -0.2) is 0 Å². The molecule has 134 valence electrons. The molecule has 0 aliphatic carbocycles. The Hall–Kier alpha value is -0.370. The first kappa shape index (κ1) is 22.6. The SMILES string of the molecule is CCCCCCCCCCCCCCCC[n+]1ccccc1.[Br-]. The predicted octanol–water partition coefficient (Wildman–Crippen LogP) is 3.46. The zero-order valence-electron chi connectivity index (χ0n) is 15.3. The van der Waals surface area contributed by atoms with Gasteiger partial charge in [0.2, 0.25) is 0 Å². The molecule has 0 unspecified atom stereocenters. The Kier molecular flexibility index (Phi) is 17.7.